The van der Waals surface area contributed by atoms with Gasteiger partial charge in [0.15, 0.2) is 17.4 Å². The van der Waals surface area contributed by atoms with Gasteiger partial charge in [0.1, 0.15) is 36.7 Å². The van der Waals surface area contributed by atoms with Crippen LogP contribution in [0.4, 0.5) is 8.78 Å². The maximum absolute atomic E-state index is 14.6. The van der Waals surface area contributed by atoms with Crippen LogP contribution in [0, 0.1) is 17.6 Å². The van der Waals surface area contributed by atoms with Crippen LogP contribution in [0.1, 0.15) is 74.5 Å². The average molecular weight is 1020 g/mol. The summed E-state index contributed by atoms with van der Waals surface area (Å²) in [5.41, 5.74) is 1.27. The molecule has 2 aliphatic heterocycles. The third-order valence-corrected chi connectivity index (χ3v) is 14.5. The van der Waals surface area contributed by atoms with E-state index in [2.05, 4.69) is 20.4 Å². The van der Waals surface area contributed by atoms with Gasteiger partial charge in [0.05, 0.1) is 61.9 Å². The van der Waals surface area contributed by atoms with Crippen molar-refractivity contribution >= 4 is 56.1 Å². The lowest BCUT2D eigenvalue weighted by Gasteiger charge is -2.39. The maximum Gasteiger partial charge on any atom is 0.270 e. The van der Waals surface area contributed by atoms with Crippen LogP contribution < -0.4 is 14.8 Å². The number of aromatic nitrogens is 3. The molecule has 1 saturated carbocycles. The number of likely N-dealkylation sites (tertiary alicyclic amines) is 1. The first-order valence-corrected chi connectivity index (χ1v) is 26.0. The molecule has 3 aliphatic rings. The molecule has 18 nitrogen and oxygen atoms in total. The number of ether oxygens (including phenoxy) is 5. The number of carbonyl (C=O) groups excluding carboxylic acids is 4. The summed E-state index contributed by atoms with van der Waals surface area (Å²) in [6, 6.07) is 8.62. The molecule has 4 amide bonds. The highest BCUT2D eigenvalue weighted by Crippen LogP contribution is 2.32. The lowest BCUT2D eigenvalue weighted by molar-refractivity contribution is -0.139. The van der Waals surface area contributed by atoms with Gasteiger partial charge in [-0.2, -0.15) is 0 Å². The highest BCUT2D eigenvalue weighted by molar-refractivity contribution is 7.17. The first kappa shape index (κ1) is 52.6. The van der Waals surface area contributed by atoms with Crippen molar-refractivity contribution in [1.29, 1.82) is 0 Å². The lowest BCUT2D eigenvalue weighted by Crippen LogP contribution is -2.58. The number of halogens is 2. The third kappa shape index (κ3) is 13.9. The van der Waals surface area contributed by atoms with E-state index in [9.17, 15) is 28.0 Å². The number of nitrogens with one attached hydrogen (secondary N) is 1. The van der Waals surface area contributed by atoms with Crippen LogP contribution in [0.5, 0.6) is 11.6 Å². The van der Waals surface area contributed by atoms with Gasteiger partial charge < -0.3 is 52.8 Å². The topological polar surface area (TPSA) is 183 Å². The SMILES string of the molecule is CCC(=O)N[C@H](C(=O)N1CCN(C(=O)c2cc3cc(F)c(F)cc3n2CC(=O)N(C)CCOCCOCCOCCOc2cc(CN3CCC(Oc4ccnc5ccsc45)CC3)on2)CC1)C1CCCCC1. The molecule has 0 bridgehead atoms. The Morgan fingerprint density at radius 3 is 2.28 bits per heavy atom. The molecule has 1 N–H and O–H groups in total. The van der Waals surface area contributed by atoms with E-state index >= 15 is 0 Å². The Hall–Kier alpha value is -5.74. The van der Waals surface area contributed by atoms with Gasteiger partial charge in [-0.25, -0.2) is 8.78 Å². The summed E-state index contributed by atoms with van der Waals surface area (Å²) in [5.74, 6) is -1.16. The monoisotopic (exact) mass is 1020 g/mol. The number of carbonyl (C=O) groups is 4. The summed E-state index contributed by atoms with van der Waals surface area (Å²) in [7, 11) is 1.60. The van der Waals surface area contributed by atoms with Gasteiger partial charge in [-0.1, -0.05) is 26.2 Å². The zero-order chi connectivity index (χ0) is 50.4. The van der Waals surface area contributed by atoms with Gasteiger partial charge in [0, 0.05) is 83.0 Å². The zero-order valence-corrected chi connectivity index (χ0v) is 42.0. The number of likely N-dealkylation sites (N-methyl/N-ethyl adjacent to an activating group) is 1. The van der Waals surface area contributed by atoms with E-state index in [0.29, 0.717) is 45.5 Å². The Labute approximate surface area is 421 Å². The quantitative estimate of drug-likeness (QED) is 0.0722. The second-order valence-electron chi connectivity index (χ2n) is 18.5. The molecule has 21 heteroatoms. The number of rotatable bonds is 24. The molecule has 5 aromatic rings. The van der Waals surface area contributed by atoms with Gasteiger partial charge in [0.25, 0.3) is 11.8 Å². The molecule has 0 unspecified atom stereocenters. The zero-order valence-electron chi connectivity index (χ0n) is 41.2. The Morgan fingerprint density at radius 2 is 1.54 bits per heavy atom. The Balaban J connectivity index is 0.693. The third-order valence-electron chi connectivity index (χ3n) is 13.6. The second kappa shape index (κ2) is 25.8. The van der Waals surface area contributed by atoms with Crippen molar-refractivity contribution in [2.45, 2.75) is 83.5 Å². The van der Waals surface area contributed by atoms with Crippen LogP contribution in [0.2, 0.25) is 0 Å². The van der Waals surface area contributed by atoms with Crippen LogP contribution >= 0.6 is 11.3 Å². The number of piperidine rings is 1. The van der Waals surface area contributed by atoms with Crippen molar-refractivity contribution in [1.82, 2.24) is 39.6 Å². The molecule has 72 heavy (non-hydrogen) atoms. The van der Waals surface area contributed by atoms with Gasteiger partial charge >= 0.3 is 0 Å². The summed E-state index contributed by atoms with van der Waals surface area (Å²) in [5, 5.41) is 9.31. The highest BCUT2D eigenvalue weighted by Gasteiger charge is 2.36. The Bertz CT molecular complexity index is 2590. The molecular formula is C51H66F2N8O10S. The van der Waals surface area contributed by atoms with Gasteiger partial charge in [-0.3, -0.25) is 29.1 Å². The van der Waals surface area contributed by atoms with Crippen LogP contribution in [0.3, 0.4) is 0 Å². The van der Waals surface area contributed by atoms with Gasteiger partial charge in [0.2, 0.25) is 17.7 Å². The van der Waals surface area contributed by atoms with Crippen LogP contribution in [0.25, 0.3) is 21.1 Å². The van der Waals surface area contributed by atoms with Crippen molar-refractivity contribution < 1.29 is 56.2 Å². The number of nitrogens with zero attached hydrogens (tertiary/aromatic N) is 7. The summed E-state index contributed by atoms with van der Waals surface area (Å²) in [6.45, 7) is 7.20. The highest BCUT2D eigenvalue weighted by atomic mass is 32.1. The predicted octanol–water partition coefficient (Wildman–Crippen LogP) is 5.91. The molecule has 3 fully saturated rings. The fraction of sp³-hybridized carbons (Fsp3) is 0.569. The normalized spacial score (nSPS) is 16.6. The molecule has 1 atom stereocenters. The van der Waals surface area contributed by atoms with Gasteiger partial charge in [-0.15, -0.1) is 11.3 Å². The van der Waals surface area contributed by atoms with Crippen LogP contribution in [-0.2, 0) is 41.7 Å². The number of thiophene rings is 1. The number of pyridine rings is 1. The summed E-state index contributed by atoms with van der Waals surface area (Å²) in [4.78, 5) is 65.3. The maximum atomic E-state index is 14.6. The first-order valence-electron chi connectivity index (χ1n) is 25.2. The Morgan fingerprint density at radius 1 is 0.847 bits per heavy atom. The second-order valence-corrected chi connectivity index (χ2v) is 19.4. The molecule has 0 spiro atoms. The van der Waals surface area contributed by atoms with Crippen molar-refractivity contribution in [3.63, 3.8) is 0 Å². The minimum Gasteiger partial charge on any atom is -0.489 e. The Kier molecular flexibility index (Phi) is 18.8. The summed E-state index contributed by atoms with van der Waals surface area (Å²) < 4.78 is 66.0. The molecule has 6 heterocycles. The van der Waals surface area contributed by atoms with Crippen molar-refractivity contribution in [3.8, 4) is 11.6 Å². The number of benzene rings is 1. The van der Waals surface area contributed by atoms with Crippen molar-refractivity contribution in [3.05, 3.63) is 71.1 Å². The number of piperazine rings is 1. The van der Waals surface area contributed by atoms with E-state index in [1.54, 1.807) is 47.4 Å². The molecule has 1 aliphatic carbocycles. The molecule has 8 rings (SSSR count). The summed E-state index contributed by atoms with van der Waals surface area (Å²) >= 11 is 1.65. The minimum atomic E-state index is -1.10. The molecule has 4 aromatic heterocycles. The molecule has 2 saturated heterocycles. The van der Waals surface area contributed by atoms with E-state index in [1.165, 1.54) is 15.5 Å². The van der Waals surface area contributed by atoms with Crippen molar-refractivity contribution in [2.24, 2.45) is 5.92 Å². The van der Waals surface area contributed by atoms with Crippen molar-refractivity contribution in [2.75, 3.05) is 99.1 Å². The average Bonchev–Trinajstić information content (AvgIpc) is 4.16. The van der Waals surface area contributed by atoms with Gasteiger partial charge in [-0.05, 0) is 66.4 Å². The number of fused-ring (bicyclic) bond motifs is 2. The molecular weight excluding hydrogens is 955 g/mol. The van der Waals surface area contributed by atoms with E-state index in [4.69, 9.17) is 28.2 Å². The van der Waals surface area contributed by atoms with E-state index in [-0.39, 0.29) is 105 Å². The van der Waals surface area contributed by atoms with E-state index in [1.807, 2.05) is 17.5 Å². The number of hydrogen-bond acceptors (Lipinski definition) is 14. The molecule has 1 aromatic carbocycles. The van der Waals surface area contributed by atoms with Crippen LogP contribution in [0.15, 0.2) is 52.5 Å². The fourth-order valence-corrected chi connectivity index (χ4v) is 10.3. The predicted molar refractivity (Wildman–Crippen MR) is 264 cm³/mol. The minimum absolute atomic E-state index is 0.0662. The standard InChI is InChI=1S/C51H66F2N8O10S/c1-3-45(62)55-48(35-7-5-4-6-8-35)51(65)60-18-16-59(17-19-60)50(64)43-30-36-29-39(52)40(53)32-42(36)61(43)34-47(63)57(2)20-21-66-22-23-67-24-25-68-26-27-69-46-31-38(71-56-46)33-58-14-10-37(11-15-58)70-44-9-13-54-41-12-28-72-49(41)44/h9,12-13,28-32,35,37,48H,3-8,10-11,14-27,33-34H2,1-2H3,(H,55,62)/t48-/m0/s1. The van der Waals surface area contributed by atoms with E-state index in [0.717, 1.165) is 91.9 Å². The molecule has 0 radical (unpaired) electrons. The number of hydrogen-bond donors (Lipinski definition) is 1. The smallest absolute Gasteiger partial charge is 0.270 e. The first-order chi connectivity index (χ1) is 35.0. The molecule has 390 valence electrons. The lowest BCUT2D eigenvalue weighted by atomic mass is 9.83. The van der Waals surface area contributed by atoms with E-state index < -0.39 is 23.6 Å². The largest absolute Gasteiger partial charge is 0.489 e. The fourth-order valence-electron chi connectivity index (χ4n) is 9.51. The number of amides is 4. The van der Waals surface area contributed by atoms with Crippen LogP contribution in [-0.4, -0.2) is 169 Å². The summed E-state index contributed by atoms with van der Waals surface area (Å²) in [6.07, 6.45) is 8.94.